The third-order valence-corrected chi connectivity index (χ3v) is 4.53. The van der Waals surface area contributed by atoms with Gasteiger partial charge in [0.05, 0.1) is 18.7 Å². The third-order valence-electron chi connectivity index (χ3n) is 4.53. The van der Waals surface area contributed by atoms with Crippen LogP contribution in [0.5, 0.6) is 0 Å². The molecule has 1 aromatic rings. The van der Waals surface area contributed by atoms with Gasteiger partial charge in [-0.25, -0.2) is 4.39 Å². The highest BCUT2D eigenvalue weighted by Crippen LogP contribution is 2.30. The van der Waals surface area contributed by atoms with Crippen molar-refractivity contribution in [3.05, 3.63) is 35.9 Å². The van der Waals surface area contributed by atoms with Crippen LogP contribution in [0.25, 0.3) is 0 Å². The summed E-state index contributed by atoms with van der Waals surface area (Å²) in [6, 6.07) is 8.60. The van der Waals surface area contributed by atoms with Gasteiger partial charge in [0, 0.05) is 13.5 Å². The van der Waals surface area contributed by atoms with Crippen LogP contribution < -0.4 is 5.32 Å². The minimum Gasteiger partial charge on any atom is -0.395 e. The Morgan fingerprint density at radius 2 is 2.00 bits per heavy atom. The first-order chi connectivity index (χ1) is 11.1. The van der Waals surface area contributed by atoms with Gasteiger partial charge in [-0.15, -0.1) is 0 Å². The number of hydrogen-bond donors (Lipinski definition) is 3. The molecule has 0 saturated carbocycles. The number of amides is 1. The van der Waals surface area contributed by atoms with Crippen LogP contribution >= 0.6 is 0 Å². The summed E-state index contributed by atoms with van der Waals surface area (Å²) < 4.78 is 14.3. The summed E-state index contributed by atoms with van der Waals surface area (Å²) in [5.74, 6) is -0.267. The van der Waals surface area contributed by atoms with E-state index in [1.807, 2.05) is 30.3 Å². The Hall–Kier alpha value is -1.50. The highest BCUT2D eigenvalue weighted by Gasteiger charge is 2.48. The van der Waals surface area contributed by atoms with Crippen molar-refractivity contribution in [1.29, 1.82) is 0 Å². The predicted molar refractivity (Wildman–Crippen MR) is 85.7 cm³/mol. The molecule has 1 aliphatic rings. The molecule has 0 aliphatic carbocycles. The lowest BCUT2D eigenvalue weighted by molar-refractivity contribution is -0.122. The van der Waals surface area contributed by atoms with Gasteiger partial charge in [-0.3, -0.25) is 9.69 Å². The first kappa shape index (κ1) is 17.8. The van der Waals surface area contributed by atoms with Crippen molar-refractivity contribution in [3.8, 4) is 0 Å². The van der Waals surface area contributed by atoms with Gasteiger partial charge in [-0.2, -0.15) is 0 Å². The molecule has 128 valence electrons. The molecule has 1 aliphatic heterocycles. The van der Waals surface area contributed by atoms with Crippen LogP contribution in [0, 0.1) is 0 Å². The fraction of sp³-hybridized carbons (Fsp3) is 0.588. The number of aliphatic hydroxyl groups is 2. The van der Waals surface area contributed by atoms with Gasteiger partial charge in [0.25, 0.3) is 0 Å². The van der Waals surface area contributed by atoms with E-state index in [1.54, 1.807) is 4.90 Å². The zero-order chi connectivity index (χ0) is 16.8. The highest BCUT2D eigenvalue weighted by molar-refractivity contribution is 5.76. The topological polar surface area (TPSA) is 72.8 Å². The molecule has 6 heteroatoms. The second-order valence-corrected chi connectivity index (χ2v) is 5.96. The minimum absolute atomic E-state index is 0.0173. The van der Waals surface area contributed by atoms with Crippen molar-refractivity contribution in [2.24, 2.45) is 0 Å². The lowest BCUT2D eigenvalue weighted by Crippen LogP contribution is -2.43. The molecular weight excluding hydrogens is 299 g/mol. The number of nitrogens with zero attached hydrogens (tertiary/aromatic N) is 1. The van der Waals surface area contributed by atoms with Gasteiger partial charge in [0.2, 0.25) is 5.91 Å². The maximum atomic E-state index is 14.3. The van der Waals surface area contributed by atoms with Crippen LogP contribution in [0.15, 0.2) is 30.3 Å². The molecule has 0 bridgehead atoms. The second kappa shape index (κ2) is 8.38. The average Bonchev–Trinajstić information content (AvgIpc) is 2.80. The van der Waals surface area contributed by atoms with E-state index in [0.717, 1.165) is 12.8 Å². The quantitative estimate of drug-likeness (QED) is 0.683. The van der Waals surface area contributed by atoms with Crippen LogP contribution in [0.1, 0.15) is 18.4 Å². The third kappa shape index (κ3) is 4.28. The van der Waals surface area contributed by atoms with E-state index in [9.17, 15) is 19.4 Å². The van der Waals surface area contributed by atoms with Crippen molar-refractivity contribution in [2.45, 2.75) is 43.6 Å². The van der Waals surface area contributed by atoms with Crippen molar-refractivity contribution in [3.63, 3.8) is 0 Å². The van der Waals surface area contributed by atoms with Crippen LogP contribution in [0.4, 0.5) is 4.39 Å². The standard InChI is InChI=1S/C17H25FN2O3/c1-19-15(22)10-13-16(18)17(23)14(11-21)20(13)9-5-8-12-6-3-2-4-7-12/h2-4,6-7,13-14,16-17,21,23H,5,8-11H2,1H3,(H,19,22)/t13-,14-,16+,17-/m1/s1. The lowest BCUT2D eigenvalue weighted by atomic mass is 10.1. The Kier molecular flexibility index (Phi) is 6.50. The second-order valence-electron chi connectivity index (χ2n) is 5.96. The molecular formula is C17H25FN2O3. The predicted octanol–water partition coefficient (Wildman–Crippen LogP) is 0.499. The van der Waals surface area contributed by atoms with Gasteiger partial charge in [-0.05, 0) is 24.9 Å². The fourth-order valence-electron chi connectivity index (χ4n) is 3.24. The number of nitrogens with one attached hydrogen (secondary N) is 1. The minimum atomic E-state index is -1.53. The molecule has 0 radical (unpaired) electrons. The first-order valence-electron chi connectivity index (χ1n) is 8.01. The Bertz CT molecular complexity index is 500. The molecule has 23 heavy (non-hydrogen) atoms. The van der Waals surface area contributed by atoms with E-state index in [4.69, 9.17) is 0 Å². The summed E-state index contributed by atoms with van der Waals surface area (Å²) in [5.41, 5.74) is 1.19. The zero-order valence-electron chi connectivity index (χ0n) is 13.4. The Labute approximate surface area is 136 Å². The van der Waals surface area contributed by atoms with Crippen LogP contribution in [-0.4, -0.2) is 65.6 Å². The molecule has 4 atom stereocenters. The lowest BCUT2D eigenvalue weighted by Gasteiger charge is -2.29. The van der Waals surface area contributed by atoms with E-state index >= 15 is 0 Å². The summed E-state index contributed by atoms with van der Waals surface area (Å²) in [6.45, 7) is 0.205. The number of hydrogen-bond acceptors (Lipinski definition) is 4. The number of rotatable bonds is 7. The highest BCUT2D eigenvalue weighted by atomic mass is 19.1. The number of carbonyl (C=O) groups is 1. The van der Waals surface area contributed by atoms with Gasteiger partial charge in [0.1, 0.15) is 12.3 Å². The average molecular weight is 324 g/mol. The van der Waals surface area contributed by atoms with E-state index in [0.29, 0.717) is 6.54 Å². The molecule has 3 N–H and O–H groups in total. The summed E-state index contributed by atoms with van der Waals surface area (Å²) >= 11 is 0. The Morgan fingerprint density at radius 3 is 2.61 bits per heavy atom. The summed E-state index contributed by atoms with van der Waals surface area (Å²) in [4.78, 5) is 13.4. The molecule has 0 unspecified atom stereocenters. The maximum absolute atomic E-state index is 14.3. The number of aliphatic hydroxyl groups excluding tert-OH is 2. The largest absolute Gasteiger partial charge is 0.395 e. The molecule has 1 heterocycles. The molecule has 1 aromatic carbocycles. The smallest absolute Gasteiger partial charge is 0.221 e. The molecule has 0 aromatic heterocycles. The number of carbonyl (C=O) groups excluding carboxylic acids is 1. The number of benzene rings is 1. The summed E-state index contributed by atoms with van der Waals surface area (Å²) in [5, 5.41) is 22.0. The molecule has 1 amide bonds. The van der Waals surface area contributed by atoms with Crippen molar-refractivity contribution in [1.82, 2.24) is 10.2 Å². The maximum Gasteiger partial charge on any atom is 0.221 e. The molecule has 1 fully saturated rings. The fourth-order valence-corrected chi connectivity index (χ4v) is 3.24. The Morgan fingerprint density at radius 1 is 1.30 bits per heavy atom. The van der Waals surface area contributed by atoms with Gasteiger partial charge in [-0.1, -0.05) is 30.3 Å². The molecule has 2 rings (SSSR count). The van der Waals surface area contributed by atoms with Gasteiger partial charge < -0.3 is 15.5 Å². The molecule has 0 spiro atoms. The Balaban J connectivity index is 2.00. The number of alkyl halides is 1. The van der Waals surface area contributed by atoms with Crippen molar-refractivity contribution in [2.75, 3.05) is 20.2 Å². The summed E-state index contributed by atoms with van der Waals surface area (Å²) in [6.07, 6.45) is -1.21. The van der Waals surface area contributed by atoms with Crippen molar-refractivity contribution >= 4 is 5.91 Å². The van der Waals surface area contributed by atoms with Crippen LogP contribution in [0.2, 0.25) is 0 Å². The monoisotopic (exact) mass is 324 g/mol. The van der Waals surface area contributed by atoms with Crippen LogP contribution in [-0.2, 0) is 11.2 Å². The number of aryl methyl sites for hydroxylation is 1. The van der Waals surface area contributed by atoms with Crippen molar-refractivity contribution < 1.29 is 19.4 Å². The van der Waals surface area contributed by atoms with Gasteiger partial charge in [0.15, 0.2) is 0 Å². The normalized spacial score (nSPS) is 28.0. The summed E-state index contributed by atoms with van der Waals surface area (Å²) in [7, 11) is 1.50. The van der Waals surface area contributed by atoms with E-state index in [2.05, 4.69) is 5.32 Å². The SMILES string of the molecule is CNC(=O)C[C@@H]1[C@H](F)[C@H](O)[C@@H](CO)N1CCCc1ccccc1. The van der Waals surface area contributed by atoms with E-state index in [1.165, 1.54) is 12.6 Å². The number of halogens is 1. The van der Waals surface area contributed by atoms with Crippen LogP contribution in [0.3, 0.4) is 0 Å². The first-order valence-corrected chi connectivity index (χ1v) is 8.01. The zero-order valence-corrected chi connectivity index (χ0v) is 13.4. The van der Waals surface area contributed by atoms with E-state index in [-0.39, 0.29) is 18.9 Å². The van der Waals surface area contributed by atoms with Gasteiger partial charge >= 0.3 is 0 Å². The van der Waals surface area contributed by atoms with E-state index < -0.39 is 24.4 Å². The molecule has 1 saturated heterocycles. The number of likely N-dealkylation sites (tertiary alicyclic amines) is 1. The molecule has 5 nitrogen and oxygen atoms in total.